The van der Waals surface area contributed by atoms with E-state index in [9.17, 15) is 0 Å². The van der Waals surface area contributed by atoms with E-state index in [1.54, 1.807) is 35.1 Å². The molecule has 0 fully saturated rings. The molecular formula is C114H72N12S4. The highest BCUT2D eigenvalue weighted by Crippen LogP contribution is 2.47. The van der Waals surface area contributed by atoms with Gasteiger partial charge in [0.1, 0.15) is 5.82 Å². The summed E-state index contributed by atoms with van der Waals surface area (Å²) in [4.78, 5) is 35.5. The first-order valence-electron chi connectivity index (χ1n) is 42.9. The minimum atomic E-state index is 0.927. The third kappa shape index (κ3) is 13.9. The predicted octanol–water partition coefficient (Wildman–Crippen LogP) is 30.8. The molecule has 0 saturated heterocycles. The Kier molecular flexibility index (Phi) is 19.7. The standard InChI is InChI=1S/3C30H19N3S.C24H15N3S/c1-2-10-27-24(7-1)29-28(12-11-20-13-16-34-30(20)29)33(27)23-18-21(25-8-3-5-14-31-25)17-22(19-23)26-9-4-6-15-32-26;1-2-8-27-26(7-1)29-28(10-9-20-11-14-34-30(20)29)33(27)25-16-23(21-5-3-12-31-18-21)15-24(17-25)22-6-4-13-32-19-22;1-2-4-27-26(3-1)29-28(6-5-22-11-16-34-30(22)29)33(27)25-18-23(20-7-12-31-13-8-20)17-24(19-25)21-9-14-32-15-10-21;1-2-6-20-18(4-1)23-21(9-8-17-12-15-28-24(17)23)27(20)22-7-3-5-19(26-22)16-10-13-25-14-11-16/h3*1-19H;1-15H. The summed E-state index contributed by atoms with van der Waals surface area (Å²) in [5.74, 6) is 0.927. The Hall–Kier alpha value is -16.3. The van der Waals surface area contributed by atoms with Gasteiger partial charge in [0.15, 0.2) is 0 Å². The van der Waals surface area contributed by atoms with E-state index < -0.39 is 0 Å². The molecular weight excluding hydrogens is 1670 g/mol. The number of thiophene rings is 4. The molecule has 11 aromatic carbocycles. The summed E-state index contributed by atoms with van der Waals surface area (Å²) < 4.78 is 14.8. The lowest BCUT2D eigenvalue weighted by Crippen LogP contribution is -1.98. The van der Waals surface area contributed by atoms with E-state index in [2.05, 4.69) is 360 Å². The second-order valence-corrected chi connectivity index (χ2v) is 35.6. The van der Waals surface area contributed by atoms with E-state index in [0.717, 1.165) is 101 Å². The molecule has 612 valence electrons. The van der Waals surface area contributed by atoms with Crippen LogP contribution in [0.3, 0.4) is 0 Å². The van der Waals surface area contributed by atoms with Crippen LogP contribution in [0.15, 0.2) is 436 Å². The molecule has 0 bridgehead atoms. The average molecular weight is 1740 g/mol. The third-order valence-corrected chi connectivity index (χ3v) is 28.2. The number of hydrogen-bond acceptors (Lipinski definition) is 12. The summed E-state index contributed by atoms with van der Waals surface area (Å²) in [6.07, 6.45) is 22.2. The lowest BCUT2D eigenvalue weighted by Gasteiger charge is -2.14. The van der Waals surface area contributed by atoms with E-state index in [4.69, 9.17) is 4.98 Å². The number of pyridine rings is 8. The quantitative estimate of drug-likeness (QED) is 0.125. The highest BCUT2D eigenvalue weighted by atomic mass is 32.1. The van der Waals surface area contributed by atoms with Crippen molar-refractivity contribution in [2.24, 2.45) is 0 Å². The first-order valence-corrected chi connectivity index (χ1v) is 46.4. The first-order chi connectivity index (χ1) is 64.5. The summed E-state index contributed by atoms with van der Waals surface area (Å²) in [6.45, 7) is 0. The van der Waals surface area contributed by atoms with Gasteiger partial charge in [-0.3, -0.25) is 39.5 Å². The van der Waals surface area contributed by atoms with Gasteiger partial charge in [-0.15, -0.1) is 45.3 Å². The van der Waals surface area contributed by atoms with Gasteiger partial charge in [0.25, 0.3) is 0 Å². The smallest absolute Gasteiger partial charge is 0.138 e. The lowest BCUT2D eigenvalue weighted by molar-refractivity contribution is 1.08. The second kappa shape index (κ2) is 33.2. The van der Waals surface area contributed by atoms with Crippen LogP contribution in [0.4, 0.5) is 0 Å². The Balaban J connectivity index is 0.0000000963. The summed E-state index contributed by atoms with van der Waals surface area (Å²) in [7, 11) is 0. The van der Waals surface area contributed by atoms with Crippen LogP contribution in [-0.2, 0) is 0 Å². The molecule has 27 aromatic rings. The average Bonchev–Trinajstić information content (AvgIpc) is 1.59. The number of rotatable bonds is 11. The van der Waals surface area contributed by atoms with Gasteiger partial charge >= 0.3 is 0 Å². The zero-order valence-corrected chi connectivity index (χ0v) is 72.8. The van der Waals surface area contributed by atoms with Crippen LogP contribution in [0.2, 0.25) is 0 Å². The number of para-hydroxylation sites is 4. The third-order valence-electron chi connectivity index (χ3n) is 24.4. The number of aromatic nitrogens is 12. The van der Waals surface area contributed by atoms with Gasteiger partial charge in [0, 0.05) is 181 Å². The van der Waals surface area contributed by atoms with Gasteiger partial charge in [0.05, 0.1) is 61.2 Å². The van der Waals surface area contributed by atoms with Crippen LogP contribution in [0.5, 0.6) is 0 Å². The van der Waals surface area contributed by atoms with Gasteiger partial charge < -0.3 is 13.7 Å². The first kappa shape index (κ1) is 77.2. The zero-order chi connectivity index (χ0) is 86.0. The number of fused-ring (bicyclic) bond motifs is 20. The maximum absolute atomic E-state index is 4.99. The molecule has 12 nitrogen and oxygen atoms in total. The predicted molar refractivity (Wildman–Crippen MR) is 545 cm³/mol. The molecule has 0 saturated carbocycles. The molecule has 0 radical (unpaired) electrons. The van der Waals surface area contributed by atoms with Crippen LogP contribution in [-0.4, -0.2) is 58.1 Å². The summed E-state index contributed by atoms with van der Waals surface area (Å²) in [6, 6.07) is 120. The molecule has 0 spiro atoms. The van der Waals surface area contributed by atoms with Crippen LogP contribution < -0.4 is 0 Å². The molecule has 0 amide bonds. The molecule has 27 rings (SSSR count). The normalized spacial score (nSPS) is 11.5. The molecule has 16 aromatic heterocycles. The van der Waals surface area contributed by atoms with Gasteiger partial charge in [0.2, 0.25) is 0 Å². The molecule has 0 N–H and O–H groups in total. The fourth-order valence-corrected chi connectivity index (χ4v) is 22.5. The number of benzene rings is 11. The second-order valence-electron chi connectivity index (χ2n) is 31.9. The molecule has 16 heteroatoms. The summed E-state index contributed by atoms with van der Waals surface area (Å²) in [5, 5.41) is 24.2. The van der Waals surface area contributed by atoms with Gasteiger partial charge in [-0.2, -0.15) is 0 Å². The summed E-state index contributed by atoms with van der Waals surface area (Å²) >= 11 is 7.23. The minimum Gasteiger partial charge on any atom is -0.309 e. The SMILES string of the molecule is c1cc(-c2ccncc2)nc(-n2c3ccccc3c3c4sccc4ccc32)c1.c1ccc(-c2cc(-c3ccccn3)cc(-n3c4ccccc4c4c5sccc5ccc43)c2)nc1.c1ccc2c(c1)c1c3sccc3ccc1n2-c1cc(-c2ccncc2)cc(-c2ccncc2)c1.c1cncc(-c2cc(-c3cccnc3)cc(-n3c4ccccc4c4c5sccc5ccc43)c2)c1. The van der Waals surface area contributed by atoms with Crippen molar-refractivity contribution in [2.75, 3.05) is 0 Å². The van der Waals surface area contributed by atoms with Gasteiger partial charge in [-0.25, -0.2) is 4.98 Å². The van der Waals surface area contributed by atoms with E-state index in [0.29, 0.717) is 0 Å². The van der Waals surface area contributed by atoms with E-state index in [-0.39, 0.29) is 0 Å². The Labute approximate surface area is 761 Å². The maximum Gasteiger partial charge on any atom is 0.138 e. The minimum absolute atomic E-state index is 0.927. The highest BCUT2D eigenvalue weighted by molar-refractivity contribution is 7.19. The summed E-state index contributed by atoms with van der Waals surface area (Å²) in [5.41, 5.74) is 28.1. The molecule has 0 unspecified atom stereocenters. The van der Waals surface area contributed by atoms with Crippen LogP contribution in [0.25, 0.3) is 229 Å². The molecule has 130 heavy (non-hydrogen) atoms. The molecule has 0 aliphatic carbocycles. The molecule has 0 atom stereocenters. The Morgan fingerprint density at radius 2 is 0.515 bits per heavy atom. The van der Waals surface area contributed by atoms with Gasteiger partial charge in [-0.05, 0) is 289 Å². The monoisotopic (exact) mass is 1740 g/mol. The van der Waals surface area contributed by atoms with Crippen molar-refractivity contribution in [1.29, 1.82) is 0 Å². The van der Waals surface area contributed by atoms with Crippen molar-refractivity contribution in [2.45, 2.75) is 0 Å². The van der Waals surface area contributed by atoms with Crippen LogP contribution in [0, 0.1) is 0 Å². The Morgan fingerprint density at radius 1 is 0.192 bits per heavy atom. The van der Waals surface area contributed by atoms with E-state index in [1.807, 2.05) is 139 Å². The fraction of sp³-hybridized carbons (Fsp3) is 0. The number of nitrogens with zero attached hydrogens (tertiary/aromatic N) is 12. The Bertz CT molecular complexity index is 8110. The van der Waals surface area contributed by atoms with E-state index >= 15 is 0 Å². The topological polar surface area (TPSA) is 123 Å². The van der Waals surface area contributed by atoms with Crippen LogP contribution >= 0.6 is 45.3 Å². The molecule has 0 aliphatic heterocycles. The lowest BCUT2D eigenvalue weighted by atomic mass is 9.99. The van der Waals surface area contributed by atoms with Crippen molar-refractivity contribution in [3.05, 3.63) is 436 Å². The van der Waals surface area contributed by atoms with Crippen molar-refractivity contribution in [1.82, 2.24) is 58.1 Å². The zero-order valence-electron chi connectivity index (χ0n) is 69.6. The highest BCUT2D eigenvalue weighted by Gasteiger charge is 2.24. The molecule has 0 aliphatic rings. The fourth-order valence-electron chi connectivity index (χ4n) is 18.6. The van der Waals surface area contributed by atoms with Crippen LogP contribution in [0.1, 0.15) is 0 Å². The number of hydrogen-bond donors (Lipinski definition) is 0. The van der Waals surface area contributed by atoms with Crippen molar-refractivity contribution < 1.29 is 0 Å². The molecule has 16 heterocycles. The van der Waals surface area contributed by atoms with Crippen molar-refractivity contribution in [3.8, 4) is 101 Å². The largest absolute Gasteiger partial charge is 0.309 e. The van der Waals surface area contributed by atoms with Crippen molar-refractivity contribution in [3.63, 3.8) is 0 Å². The van der Waals surface area contributed by atoms with Crippen molar-refractivity contribution >= 4 is 173 Å². The Morgan fingerprint density at radius 3 is 0.877 bits per heavy atom. The maximum atomic E-state index is 4.99. The van der Waals surface area contributed by atoms with Gasteiger partial charge in [-0.1, -0.05) is 127 Å². The van der Waals surface area contributed by atoms with E-state index in [1.165, 1.54) is 128 Å².